The van der Waals surface area contributed by atoms with Gasteiger partial charge in [-0.15, -0.1) is 0 Å². The molecule has 0 aliphatic heterocycles. The third-order valence-corrected chi connectivity index (χ3v) is 2.20. The summed E-state index contributed by atoms with van der Waals surface area (Å²) in [5.74, 6) is 0.572. The van der Waals surface area contributed by atoms with E-state index >= 15 is 0 Å². The van der Waals surface area contributed by atoms with Crippen molar-refractivity contribution in [2.75, 3.05) is 7.11 Å². The standard InChI is InChI=1S/C9H9BrO2/c1-3-6-4-8(11)9(12-2)5-7(6)10/h3-5,11H,1H2,2H3. The molecule has 0 amide bonds. The average molecular weight is 229 g/mol. The summed E-state index contributed by atoms with van der Waals surface area (Å²) in [5.41, 5.74) is 0.841. The van der Waals surface area contributed by atoms with Gasteiger partial charge in [0, 0.05) is 4.47 Å². The van der Waals surface area contributed by atoms with Crippen molar-refractivity contribution in [3.05, 3.63) is 28.7 Å². The summed E-state index contributed by atoms with van der Waals surface area (Å²) in [5, 5.41) is 9.35. The third kappa shape index (κ3) is 1.61. The number of phenolic OH excluding ortho intramolecular Hbond substituents is 1. The molecule has 0 aliphatic rings. The van der Waals surface area contributed by atoms with Gasteiger partial charge in [-0.3, -0.25) is 0 Å². The Morgan fingerprint density at radius 1 is 1.58 bits per heavy atom. The van der Waals surface area contributed by atoms with Gasteiger partial charge in [0.05, 0.1) is 7.11 Å². The minimum Gasteiger partial charge on any atom is -0.504 e. The second-order valence-corrected chi connectivity index (χ2v) is 3.10. The van der Waals surface area contributed by atoms with Crippen molar-refractivity contribution in [2.24, 2.45) is 0 Å². The number of methoxy groups -OCH3 is 1. The van der Waals surface area contributed by atoms with E-state index in [2.05, 4.69) is 22.5 Å². The molecular weight excluding hydrogens is 220 g/mol. The maximum absolute atomic E-state index is 9.35. The highest BCUT2D eigenvalue weighted by atomic mass is 79.9. The van der Waals surface area contributed by atoms with Crippen LogP contribution in [0.5, 0.6) is 11.5 Å². The van der Waals surface area contributed by atoms with Crippen molar-refractivity contribution in [3.8, 4) is 11.5 Å². The molecule has 1 rings (SSSR count). The van der Waals surface area contributed by atoms with Crippen LogP contribution < -0.4 is 4.74 Å². The fraction of sp³-hybridized carbons (Fsp3) is 0.111. The zero-order valence-corrected chi connectivity index (χ0v) is 8.26. The van der Waals surface area contributed by atoms with Gasteiger partial charge in [0.15, 0.2) is 11.5 Å². The van der Waals surface area contributed by atoms with E-state index in [1.165, 1.54) is 7.11 Å². The summed E-state index contributed by atoms with van der Waals surface area (Å²) < 4.78 is 5.76. The zero-order chi connectivity index (χ0) is 9.14. The highest BCUT2D eigenvalue weighted by Gasteiger charge is 2.04. The zero-order valence-electron chi connectivity index (χ0n) is 6.67. The Kier molecular flexibility index (Phi) is 2.76. The largest absolute Gasteiger partial charge is 0.504 e. The Bertz CT molecular complexity index is 308. The monoisotopic (exact) mass is 228 g/mol. The molecular formula is C9H9BrO2. The number of halogens is 1. The van der Waals surface area contributed by atoms with Crippen LogP contribution in [0, 0.1) is 0 Å². The molecule has 0 saturated heterocycles. The molecule has 0 unspecified atom stereocenters. The Balaban J connectivity index is 3.25. The van der Waals surface area contributed by atoms with Crippen molar-refractivity contribution in [3.63, 3.8) is 0 Å². The molecule has 3 heteroatoms. The van der Waals surface area contributed by atoms with E-state index in [0.717, 1.165) is 10.0 Å². The normalized spacial score (nSPS) is 9.50. The van der Waals surface area contributed by atoms with Crippen LogP contribution in [-0.2, 0) is 0 Å². The van der Waals surface area contributed by atoms with Gasteiger partial charge in [0.2, 0.25) is 0 Å². The van der Waals surface area contributed by atoms with Crippen LogP contribution in [0.3, 0.4) is 0 Å². The summed E-state index contributed by atoms with van der Waals surface area (Å²) in [6, 6.07) is 3.29. The van der Waals surface area contributed by atoms with Gasteiger partial charge in [0.1, 0.15) is 0 Å². The molecule has 0 atom stereocenters. The highest BCUT2D eigenvalue weighted by molar-refractivity contribution is 9.10. The van der Waals surface area contributed by atoms with E-state index in [0.29, 0.717) is 5.75 Å². The lowest BCUT2D eigenvalue weighted by Gasteiger charge is -2.05. The number of ether oxygens (including phenoxy) is 1. The van der Waals surface area contributed by atoms with E-state index in [4.69, 9.17) is 4.74 Å². The number of hydrogen-bond acceptors (Lipinski definition) is 2. The number of rotatable bonds is 2. The maximum atomic E-state index is 9.35. The van der Waals surface area contributed by atoms with Gasteiger partial charge in [0.25, 0.3) is 0 Å². The fourth-order valence-electron chi connectivity index (χ4n) is 0.880. The van der Waals surface area contributed by atoms with Crippen LogP contribution in [0.1, 0.15) is 5.56 Å². The van der Waals surface area contributed by atoms with Crippen LogP contribution >= 0.6 is 15.9 Å². The molecule has 0 bridgehead atoms. The van der Waals surface area contributed by atoms with Gasteiger partial charge < -0.3 is 9.84 Å². The second kappa shape index (κ2) is 3.63. The molecule has 0 aliphatic carbocycles. The minimum absolute atomic E-state index is 0.121. The molecule has 0 saturated carbocycles. The number of benzene rings is 1. The average Bonchev–Trinajstić information content (AvgIpc) is 2.08. The fourth-order valence-corrected chi connectivity index (χ4v) is 1.36. The van der Waals surface area contributed by atoms with Gasteiger partial charge in [-0.05, 0) is 17.7 Å². The molecule has 0 spiro atoms. The van der Waals surface area contributed by atoms with Crippen LogP contribution in [0.4, 0.5) is 0 Å². The highest BCUT2D eigenvalue weighted by Crippen LogP contribution is 2.32. The number of aromatic hydroxyl groups is 1. The molecule has 2 nitrogen and oxygen atoms in total. The smallest absolute Gasteiger partial charge is 0.161 e. The topological polar surface area (TPSA) is 29.5 Å². The second-order valence-electron chi connectivity index (χ2n) is 2.25. The Hall–Kier alpha value is -0.960. The van der Waals surface area contributed by atoms with Gasteiger partial charge in [-0.2, -0.15) is 0 Å². The molecule has 1 N–H and O–H groups in total. The summed E-state index contributed by atoms with van der Waals surface area (Å²) in [4.78, 5) is 0. The summed E-state index contributed by atoms with van der Waals surface area (Å²) in [6.45, 7) is 3.61. The van der Waals surface area contributed by atoms with Crippen molar-refractivity contribution in [1.29, 1.82) is 0 Å². The Morgan fingerprint density at radius 3 is 2.75 bits per heavy atom. The molecule has 12 heavy (non-hydrogen) atoms. The van der Waals surface area contributed by atoms with Crippen LogP contribution in [0.2, 0.25) is 0 Å². The molecule has 1 aromatic rings. The first kappa shape index (κ1) is 9.13. The van der Waals surface area contributed by atoms with Crippen molar-refractivity contribution < 1.29 is 9.84 Å². The van der Waals surface area contributed by atoms with Crippen LogP contribution in [0.15, 0.2) is 23.2 Å². The maximum Gasteiger partial charge on any atom is 0.161 e. The number of phenols is 1. The van der Waals surface area contributed by atoms with E-state index in [1.54, 1.807) is 18.2 Å². The lowest BCUT2D eigenvalue weighted by molar-refractivity contribution is 0.373. The van der Waals surface area contributed by atoms with E-state index < -0.39 is 0 Å². The third-order valence-electron chi connectivity index (χ3n) is 1.52. The van der Waals surface area contributed by atoms with Gasteiger partial charge >= 0.3 is 0 Å². The molecule has 0 fully saturated rings. The van der Waals surface area contributed by atoms with Crippen LogP contribution in [-0.4, -0.2) is 12.2 Å². The minimum atomic E-state index is 0.121. The lowest BCUT2D eigenvalue weighted by Crippen LogP contribution is -1.85. The Morgan fingerprint density at radius 2 is 2.25 bits per heavy atom. The quantitative estimate of drug-likeness (QED) is 0.844. The van der Waals surface area contributed by atoms with Crippen molar-refractivity contribution in [2.45, 2.75) is 0 Å². The summed E-state index contributed by atoms with van der Waals surface area (Å²) in [7, 11) is 1.51. The van der Waals surface area contributed by atoms with E-state index in [1.807, 2.05) is 0 Å². The summed E-state index contributed by atoms with van der Waals surface area (Å²) in [6.07, 6.45) is 1.66. The molecule has 0 heterocycles. The van der Waals surface area contributed by atoms with Gasteiger partial charge in [-0.1, -0.05) is 28.6 Å². The molecule has 1 aromatic carbocycles. The molecule has 0 radical (unpaired) electrons. The SMILES string of the molecule is C=Cc1cc(O)c(OC)cc1Br. The lowest BCUT2D eigenvalue weighted by atomic mass is 10.2. The predicted molar refractivity (Wildman–Crippen MR) is 52.4 cm³/mol. The van der Waals surface area contributed by atoms with E-state index in [9.17, 15) is 5.11 Å². The molecule has 64 valence electrons. The van der Waals surface area contributed by atoms with Gasteiger partial charge in [-0.25, -0.2) is 0 Å². The first-order chi connectivity index (χ1) is 5.69. The van der Waals surface area contributed by atoms with Crippen LogP contribution in [0.25, 0.3) is 6.08 Å². The molecule has 0 aromatic heterocycles. The summed E-state index contributed by atoms with van der Waals surface area (Å²) >= 11 is 3.32. The van der Waals surface area contributed by atoms with Crippen molar-refractivity contribution in [1.82, 2.24) is 0 Å². The van der Waals surface area contributed by atoms with E-state index in [-0.39, 0.29) is 5.75 Å². The first-order valence-corrected chi connectivity index (χ1v) is 4.17. The number of hydrogen-bond donors (Lipinski definition) is 1. The predicted octanol–water partition coefficient (Wildman–Crippen LogP) is 2.81. The Labute approximate surface area is 79.6 Å². The van der Waals surface area contributed by atoms with Crippen molar-refractivity contribution >= 4 is 22.0 Å². The first-order valence-electron chi connectivity index (χ1n) is 3.38.